The molecule has 0 radical (unpaired) electrons. The Labute approximate surface area is 117 Å². The van der Waals surface area contributed by atoms with Gasteiger partial charge in [0.15, 0.2) is 0 Å². The molecule has 2 aromatic rings. The number of hydrogen-bond donors (Lipinski definition) is 1. The molecule has 0 heterocycles. The summed E-state index contributed by atoms with van der Waals surface area (Å²) in [4.78, 5) is 0. The fraction of sp³-hybridized carbons (Fsp3) is 0.250. The molecule has 0 saturated heterocycles. The van der Waals surface area contributed by atoms with Gasteiger partial charge < -0.3 is 10.1 Å². The molecule has 0 aliphatic rings. The average molecular weight is 277 g/mol. The van der Waals surface area contributed by atoms with Gasteiger partial charge in [0.2, 0.25) is 0 Å². The number of rotatable bonds is 6. The van der Waals surface area contributed by atoms with Gasteiger partial charge in [0.05, 0.1) is 6.61 Å². The van der Waals surface area contributed by atoms with Crippen LogP contribution in [0.1, 0.15) is 18.1 Å². The molecular weight excluding hydrogens is 260 g/mol. The van der Waals surface area contributed by atoms with Crippen molar-refractivity contribution in [3.8, 4) is 5.75 Å². The number of benzene rings is 2. The summed E-state index contributed by atoms with van der Waals surface area (Å²) >= 11 is 0. The molecule has 0 atom stereocenters. The van der Waals surface area contributed by atoms with Crippen molar-refractivity contribution in [2.75, 3.05) is 6.61 Å². The highest BCUT2D eigenvalue weighted by atomic mass is 19.1. The first kappa shape index (κ1) is 14.5. The Hall–Kier alpha value is -1.94. The molecule has 0 unspecified atom stereocenters. The van der Waals surface area contributed by atoms with Crippen molar-refractivity contribution in [3.05, 3.63) is 65.2 Å². The first-order valence-electron chi connectivity index (χ1n) is 6.56. The molecule has 20 heavy (non-hydrogen) atoms. The van der Waals surface area contributed by atoms with Crippen LogP contribution in [0.4, 0.5) is 8.78 Å². The molecule has 0 aromatic heterocycles. The first-order chi connectivity index (χ1) is 9.70. The van der Waals surface area contributed by atoms with Crippen molar-refractivity contribution in [2.24, 2.45) is 0 Å². The van der Waals surface area contributed by atoms with Gasteiger partial charge in [-0.2, -0.15) is 0 Å². The number of hydrogen-bond acceptors (Lipinski definition) is 2. The standard InChI is InChI=1S/C16H17F2NO/c1-2-20-16-6-4-3-5-13(16)11-19-10-12-7-8-14(17)9-15(12)18/h3-9,19H,2,10-11H2,1H3. The van der Waals surface area contributed by atoms with E-state index < -0.39 is 11.6 Å². The van der Waals surface area contributed by atoms with E-state index in [9.17, 15) is 8.78 Å². The number of para-hydroxylation sites is 1. The predicted octanol–water partition coefficient (Wildman–Crippen LogP) is 3.65. The van der Waals surface area contributed by atoms with E-state index in [4.69, 9.17) is 4.74 Å². The van der Waals surface area contributed by atoms with Crippen molar-refractivity contribution in [1.29, 1.82) is 0 Å². The monoisotopic (exact) mass is 277 g/mol. The van der Waals surface area contributed by atoms with Gasteiger partial charge >= 0.3 is 0 Å². The van der Waals surface area contributed by atoms with Crippen LogP contribution in [0.2, 0.25) is 0 Å². The minimum Gasteiger partial charge on any atom is -0.494 e. The summed E-state index contributed by atoms with van der Waals surface area (Å²) in [5.41, 5.74) is 1.46. The fourth-order valence-corrected chi connectivity index (χ4v) is 1.94. The van der Waals surface area contributed by atoms with E-state index in [2.05, 4.69) is 5.32 Å². The van der Waals surface area contributed by atoms with Crippen LogP contribution in [0.5, 0.6) is 5.75 Å². The zero-order valence-electron chi connectivity index (χ0n) is 11.3. The molecule has 106 valence electrons. The molecule has 4 heteroatoms. The van der Waals surface area contributed by atoms with E-state index in [0.717, 1.165) is 17.4 Å². The smallest absolute Gasteiger partial charge is 0.130 e. The van der Waals surface area contributed by atoms with Crippen molar-refractivity contribution in [3.63, 3.8) is 0 Å². The highest BCUT2D eigenvalue weighted by molar-refractivity contribution is 5.33. The van der Waals surface area contributed by atoms with E-state index in [1.54, 1.807) is 0 Å². The van der Waals surface area contributed by atoms with Crippen LogP contribution in [-0.4, -0.2) is 6.61 Å². The summed E-state index contributed by atoms with van der Waals surface area (Å²) in [6.07, 6.45) is 0. The Balaban J connectivity index is 1.96. The molecule has 1 N–H and O–H groups in total. The summed E-state index contributed by atoms with van der Waals surface area (Å²) in [7, 11) is 0. The maximum atomic E-state index is 13.5. The topological polar surface area (TPSA) is 21.3 Å². The van der Waals surface area contributed by atoms with Gasteiger partial charge in [-0.05, 0) is 19.1 Å². The van der Waals surface area contributed by atoms with Crippen molar-refractivity contribution in [1.82, 2.24) is 5.32 Å². The second-order valence-corrected chi connectivity index (χ2v) is 4.38. The Bertz CT molecular complexity index is 572. The molecule has 2 rings (SSSR count). The largest absolute Gasteiger partial charge is 0.494 e. The molecule has 0 aliphatic heterocycles. The summed E-state index contributed by atoms with van der Waals surface area (Å²) in [6, 6.07) is 11.3. The van der Waals surface area contributed by atoms with Gasteiger partial charge in [0.1, 0.15) is 17.4 Å². The quantitative estimate of drug-likeness (QED) is 0.870. The molecule has 0 aliphatic carbocycles. The van der Waals surface area contributed by atoms with Crippen molar-refractivity contribution in [2.45, 2.75) is 20.0 Å². The lowest BCUT2D eigenvalue weighted by Gasteiger charge is -2.11. The van der Waals surface area contributed by atoms with Gasteiger partial charge in [0.25, 0.3) is 0 Å². The van der Waals surface area contributed by atoms with Crippen LogP contribution in [0.3, 0.4) is 0 Å². The Kier molecular flexibility index (Phi) is 5.07. The van der Waals surface area contributed by atoms with E-state index in [-0.39, 0.29) is 0 Å². The van der Waals surface area contributed by atoms with E-state index in [1.807, 2.05) is 31.2 Å². The van der Waals surface area contributed by atoms with Gasteiger partial charge in [-0.15, -0.1) is 0 Å². The van der Waals surface area contributed by atoms with Crippen molar-refractivity contribution < 1.29 is 13.5 Å². The fourth-order valence-electron chi connectivity index (χ4n) is 1.94. The van der Waals surface area contributed by atoms with Crippen LogP contribution < -0.4 is 10.1 Å². The van der Waals surface area contributed by atoms with E-state index in [0.29, 0.717) is 25.3 Å². The highest BCUT2D eigenvalue weighted by Gasteiger charge is 2.05. The summed E-state index contributed by atoms with van der Waals surface area (Å²) in [5.74, 6) is -0.273. The lowest BCUT2D eigenvalue weighted by Crippen LogP contribution is -2.14. The van der Waals surface area contributed by atoms with Gasteiger partial charge in [-0.3, -0.25) is 0 Å². The third-order valence-electron chi connectivity index (χ3n) is 2.92. The molecule has 0 fully saturated rings. The third kappa shape index (κ3) is 3.78. The second kappa shape index (κ2) is 7.01. The number of ether oxygens (including phenoxy) is 1. The van der Waals surface area contributed by atoms with E-state index >= 15 is 0 Å². The zero-order valence-corrected chi connectivity index (χ0v) is 11.3. The van der Waals surface area contributed by atoms with Crippen LogP contribution in [-0.2, 0) is 13.1 Å². The number of halogens is 2. The summed E-state index contributed by atoms with van der Waals surface area (Å²) in [6.45, 7) is 3.43. The normalized spacial score (nSPS) is 10.6. The zero-order chi connectivity index (χ0) is 14.4. The lowest BCUT2D eigenvalue weighted by molar-refractivity contribution is 0.335. The molecule has 0 amide bonds. The van der Waals surface area contributed by atoms with E-state index in [1.165, 1.54) is 12.1 Å². The predicted molar refractivity (Wildman–Crippen MR) is 74.5 cm³/mol. The molecular formula is C16H17F2NO. The molecule has 2 aromatic carbocycles. The Morgan fingerprint density at radius 3 is 2.50 bits per heavy atom. The minimum atomic E-state index is -0.562. The first-order valence-corrected chi connectivity index (χ1v) is 6.56. The van der Waals surface area contributed by atoms with Crippen LogP contribution in [0.25, 0.3) is 0 Å². The highest BCUT2D eigenvalue weighted by Crippen LogP contribution is 2.18. The Morgan fingerprint density at radius 2 is 1.75 bits per heavy atom. The minimum absolute atomic E-state index is 0.340. The maximum absolute atomic E-state index is 13.5. The van der Waals surface area contributed by atoms with Gasteiger partial charge in [-0.25, -0.2) is 8.78 Å². The SMILES string of the molecule is CCOc1ccccc1CNCc1ccc(F)cc1F. The van der Waals surface area contributed by atoms with Crippen LogP contribution in [0.15, 0.2) is 42.5 Å². The van der Waals surface area contributed by atoms with Gasteiger partial charge in [0, 0.05) is 30.3 Å². The van der Waals surface area contributed by atoms with Crippen LogP contribution in [0, 0.1) is 11.6 Å². The Morgan fingerprint density at radius 1 is 1.00 bits per heavy atom. The maximum Gasteiger partial charge on any atom is 0.130 e. The molecule has 2 nitrogen and oxygen atoms in total. The second-order valence-electron chi connectivity index (χ2n) is 4.38. The van der Waals surface area contributed by atoms with Crippen molar-refractivity contribution >= 4 is 0 Å². The van der Waals surface area contributed by atoms with Gasteiger partial charge in [-0.1, -0.05) is 24.3 Å². The van der Waals surface area contributed by atoms with Crippen LogP contribution >= 0.6 is 0 Å². The molecule has 0 saturated carbocycles. The lowest BCUT2D eigenvalue weighted by atomic mass is 10.1. The number of nitrogens with one attached hydrogen (secondary N) is 1. The average Bonchev–Trinajstić information content (AvgIpc) is 2.43. The molecule has 0 bridgehead atoms. The molecule has 0 spiro atoms. The summed E-state index contributed by atoms with van der Waals surface area (Å²) < 4.78 is 31.8. The third-order valence-corrected chi connectivity index (χ3v) is 2.92. The summed E-state index contributed by atoms with van der Waals surface area (Å²) in [5, 5.41) is 3.13.